The highest BCUT2D eigenvalue weighted by atomic mass is 16.5. The van der Waals surface area contributed by atoms with Crippen molar-refractivity contribution in [3.63, 3.8) is 0 Å². The third kappa shape index (κ3) is 5.66. The molecular weight excluding hydrogens is 358 g/mol. The van der Waals surface area contributed by atoms with Crippen LogP contribution in [0.15, 0.2) is 61.2 Å². The summed E-state index contributed by atoms with van der Waals surface area (Å²) in [7, 11) is 1.62. The largest absolute Gasteiger partial charge is 0.497 e. The number of nitrogens with one attached hydrogen (secondary N) is 2. The Labute approximate surface area is 163 Å². The fourth-order valence-electron chi connectivity index (χ4n) is 2.37. The number of ether oxygens (including phenoxy) is 2. The summed E-state index contributed by atoms with van der Waals surface area (Å²) in [5, 5.41) is 5.92. The van der Waals surface area contributed by atoms with E-state index >= 15 is 0 Å². The van der Waals surface area contributed by atoms with Crippen LogP contribution in [0, 0.1) is 0 Å². The van der Waals surface area contributed by atoms with E-state index in [0.29, 0.717) is 25.5 Å². The van der Waals surface area contributed by atoms with E-state index in [4.69, 9.17) is 9.47 Å². The van der Waals surface area contributed by atoms with E-state index in [1.807, 2.05) is 36.4 Å². The van der Waals surface area contributed by atoms with E-state index in [1.54, 1.807) is 25.6 Å². The average Bonchev–Trinajstić information content (AvgIpc) is 2.76. The van der Waals surface area contributed by atoms with E-state index in [2.05, 4.69) is 25.6 Å². The minimum atomic E-state index is -0.274. The van der Waals surface area contributed by atoms with E-state index in [0.717, 1.165) is 17.1 Å². The Morgan fingerprint density at radius 3 is 2.68 bits per heavy atom. The van der Waals surface area contributed by atoms with Gasteiger partial charge in [0, 0.05) is 25.0 Å². The molecule has 2 N–H and O–H groups in total. The number of carbonyl (C=O) groups is 1. The first-order valence-corrected chi connectivity index (χ1v) is 8.74. The Hall–Kier alpha value is -3.68. The molecular formula is C20H21N5O3. The zero-order valence-electron chi connectivity index (χ0n) is 15.5. The summed E-state index contributed by atoms with van der Waals surface area (Å²) < 4.78 is 10.8. The molecule has 1 aromatic carbocycles. The molecule has 2 aromatic heterocycles. The van der Waals surface area contributed by atoms with Gasteiger partial charge in [-0.15, -0.1) is 0 Å². The minimum Gasteiger partial charge on any atom is -0.497 e. The Morgan fingerprint density at radius 2 is 1.93 bits per heavy atom. The first-order chi connectivity index (χ1) is 13.7. The van der Waals surface area contributed by atoms with Gasteiger partial charge in [0.05, 0.1) is 13.7 Å². The molecule has 0 aliphatic rings. The molecule has 8 nitrogen and oxygen atoms in total. The third-order valence-electron chi connectivity index (χ3n) is 3.81. The standard InChI is InChI=1S/C20H21N5O3/c1-27-16-4-6-17(7-5-16)28-10-9-22-19-11-18(24-14-25-19)20(26)23-13-15-3-2-8-21-12-15/h2-8,11-12,14H,9-10,13H2,1H3,(H,23,26)(H,22,24,25). The SMILES string of the molecule is COc1ccc(OCCNc2cc(C(=O)NCc3cccnc3)ncn2)cc1. The van der Waals surface area contributed by atoms with Gasteiger partial charge in [-0.3, -0.25) is 9.78 Å². The molecule has 3 aromatic rings. The Morgan fingerprint density at radius 1 is 1.11 bits per heavy atom. The number of hydrogen-bond donors (Lipinski definition) is 2. The fraction of sp³-hybridized carbons (Fsp3) is 0.200. The first kappa shape index (κ1) is 19.1. The van der Waals surface area contributed by atoms with Crippen LogP contribution in [0.3, 0.4) is 0 Å². The van der Waals surface area contributed by atoms with Crippen molar-refractivity contribution in [1.82, 2.24) is 20.3 Å². The predicted molar refractivity (Wildman–Crippen MR) is 104 cm³/mol. The van der Waals surface area contributed by atoms with Crippen LogP contribution < -0.4 is 20.1 Å². The second kappa shape index (κ2) is 9.86. The summed E-state index contributed by atoms with van der Waals surface area (Å²) in [5.41, 5.74) is 1.20. The van der Waals surface area contributed by atoms with Crippen molar-refractivity contribution in [3.05, 3.63) is 72.4 Å². The molecule has 3 rings (SSSR count). The second-order valence-corrected chi connectivity index (χ2v) is 5.78. The molecule has 0 fully saturated rings. The lowest BCUT2D eigenvalue weighted by Gasteiger charge is -2.09. The number of hydrogen-bond acceptors (Lipinski definition) is 7. The van der Waals surface area contributed by atoms with Crippen LogP contribution >= 0.6 is 0 Å². The predicted octanol–water partition coefficient (Wildman–Crippen LogP) is 2.30. The molecule has 0 spiro atoms. The van der Waals surface area contributed by atoms with Crippen molar-refractivity contribution in [1.29, 1.82) is 0 Å². The van der Waals surface area contributed by atoms with Crippen molar-refractivity contribution < 1.29 is 14.3 Å². The second-order valence-electron chi connectivity index (χ2n) is 5.78. The van der Waals surface area contributed by atoms with Gasteiger partial charge in [-0.1, -0.05) is 6.07 Å². The molecule has 0 bridgehead atoms. The Kier molecular flexibility index (Phi) is 6.73. The van der Waals surface area contributed by atoms with E-state index in [9.17, 15) is 4.79 Å². The molecule has 1 amide bonds. The lowest BCUT2D eigenvalue weighted by Crippen LogP contribution is -2.24. The highest BCUT2D eigenvalue weighted by Crippen LogP contribution is 2.16. The summed E-state index contributed by atoms with van der Waals surface area (Å²) >= 11 is 0. The molecule has 2 heterocycles. The highest BCUT2D eigenvalue weighted by molar-refractivity contribution is 5.92. The zero-order valence-corrected chi connectivity index (χ0v) is 15.5. The number of aromatic nitrogens is 3. The van der Waals surface area contributed by atoms with Crippen LogP contribution in [0.2, 0.25) is 0 Å². The van der Waals surface area contributed by atoms with Crippen LogP contribution in [0.5, 0.6) is 11.5 Å². The van der Waals surface area contributed by atoms with Gasteiger partial charge in [0.25, 0.3) is 5.91 Å². The number of rotatable bonds is 9. The minimum absolute atomic E-state index is 0.274. The van der Waals surface area contributed by atoms with Crippen LogP contribution in [-0.2, 0) is 6.54 Å². The van der Waals surface area contributed by atoms with E-state index in [1.165, 1.54) is 6.33 Å². The van der Waals surface area contributed by atoms with Gasteiger partial charge in [0.2, 0.25) is 0 Å². The summed E-state index contributed by atoms with van der Waals surface area (Å²) in [4.78, 5) is 24.4. The van der Waals surface area contributed by atoms with Crippen LogP contribution in [0.1, 0.15) is 16.1 Å². The summed E-state index contributed by atoms with van der Waals surface area (Å²) in [6.07, 6.45) is 4.74. The molecule has 0 aliphatic heterocycles. The van der Waals surface area contributed by atoms with E-state index in [-0.39, 0.29) is 11.6 Å². The molecule has 0 saturated heterocycles. The summed E-state index contributed by atoms with van der Waals surface area (Å²) in [6, 6.07) is 12.7. The molecule has 0 atom stereocenters. The molecule has 0 radical (unpaired) electrons. The van der Waals surface area contributed by atoms with E-state index < -0.39 is 0 Å². The lowest BCUT2D eigenvalue weighted by molar-refractivity contribution is 0.0945. The normalized spacial score (nSPS) is 10.2. The monoisotopic (exact) mass is 379 g/mol. The smallest absolute Gasteiger partial charge is 0.270 e. The van der Waals surface area contributed by atoms with Crippen molar-refractivity contribution in [2.24, 2.45) is 0 Å². The zero-order chi connectivity index (χ0) is 19.6. The third-order valence-corrected chi connectivity index (χ3v) is 3.81. The maximum atomic E-state index is 12.3. The van der Waals surface area contributed by atoms with Gasteiger partial charge in [0.15, 0.2) is 0 Å². The fourth-order valence-corrected chi connectivity index (χ4v) is 2.37. The summed E-state index contributed by atoms with van der Waals surface area (Å²) in [6.45, 7) is 1.35. The number of nitrogens with zero attached hydrogens (tertiary/aromatic N) is 3. The number of amides is 1. The van der Waals surface area contributed by atoms with Gasteiger partial charge < -0.3 is 20.1 Å². The lowest BCUT2D eigenvalue weighted by atomic mass is 10.3. The van der Waals surface area contributed by atoms with Crippen LogP contribution in [0.4, 0.5) is 5.82 Å². The quantitative estimate of drug-likeness (QED) is 0.551. The Bertz CT molecular complexity index is 888. The molecule has 0 unspecified atom stereocenters. The molecule has 0 saturated carbocycles. The Balaban J connectivity index is 1.45. The summed E-state index contributed by atoms with van der Waals surface area (Å²) in [5.74, 6) is 1.81. The van der Waals surface area contributed by atoms with Crippen molar-refractivity contribution in [2.45, 2.75) is 6.54 Å². The molecule has 8 heteroatoms. The maximum Gasteiger partial charge on any atom is 0.270 e. The van der Waals surface area contributed by atoms with Gasteiger partial charge in [0.1, 0.15) is 35.9 Å². The topological polar surface area (TPSA) is 98.3 Å². The van der Waals surface area contributed by atoms with Crippen molar-refractivity contribution in [3.8, 4) is 11.5 Å². The molecule has 0 aliphatic carbocycles. The van der Waals surface area contributed by atoms with Gasteiger partial charge in [-0.2, -0.15) is 0 Å². The van der Waals surface area contributed by atoms with Crippen LogP contribution in [-0.4, -0.2) is 41.1 Å². The first-order valence-electron chi connectivity index (χ1n) is 8.74. The van der Waals surface area contributed by atoms with Crippen LogP contribution in [0.25, 0.3) is 0 Å². The van der Waals surface area contributed by atoms with Gasteiger partial charge in [-0.05, 0) is 35.9 Å². The molecule has 144 valence electrons. The number of benzene rings is 1. The van der Waals surface area contributed by atoms with Gasteiger partial charge in [-0.25, -0.2) is 9.97 Å². The average molecular weight is 379 g/mol. The van der Waals surface area contributed by atoms with Crippen molar-refractivity contribution in [2.75, 3.05) is 25.6 Å². The molecule has 28 heavy (non-hydrogen) atoms. The maximum absolute atomic E-state index is 12.3. The highest BCUT2D eigenvalue weighted by Gasteiger charge is 2.08. The van der Waals surface area contributed by atoms with Crippen molar-refractivity contribution >= 4 is 11.7 Å². The number of carbonyl (C=O) groups excluding carboxylic acids is 1. The number of methoxy groups -OCH3 is 1. The van der Waals surface area contributed by atoms with Gasteiger partial charge >= 0.3 is 0 Å². The number of pyridine rings is 1. The number of anilines is 1.